The van der Waals surface area contributed by atoms with Crippen molar-refractivity contribution in [1.82, 2.24) is 30.3 Å². The Hall–Kier alpha value is -3.73. The van der Waals surface area contributed by atoms with Gasteiger partial charge in [0.1, 0.15) is 12.7 Å². The Balaban J connectivity index is 1.30. The van der Waals surface area contributed by atoms with Crippen LogP contribution in [0.1, 0.15) is 19.3 Å². The summed E-state index contributed by atoms with van der Waals surface area (Å²) in [5.74, 6) is -0.558. The van der Waals surface area contributed by atoms with Gasteiger partial charge in [-0.15, -0.1) is 11.3 Å². The second kappa shape index (κ2) is 8.74. The Morgan fingerprint density at radius 3 is 2.53 bits per heavy atom. The van der Waals surface area contributed by atoms with Crippen molar-refractivity contribution < 1.29 is 14.4 Å². The number of benzene rings is 1. The second-order valence-corrected chi connectivity index (χ2v) is 7.56. The number of hydrogen-bond donors (Lipinski definition) is 3. The lowest BCUT2D eigenvalue weighted by Crippen LogP contribution is -2.36. The molecule has 10 nitrogen and oxygen atoms in total. The Labute approximate surface area is 175 Å². The summed E-state index contributed by atoms with van der Waals surface area (Å²) in [5, 5.41) is 12.3. The smallest absolute Gasteiger partial charge is 0.317 e. The molecule has 1 aliphatic rings. The molecule has 4 rings (SSSR count). The maximum absolute atomic E-state index is 12.5. The SMILES string of the molecule is O=C(NCCN1CCNC1=O)c1ccc(C(=O)Nc2ccc(-n3cncn3)cc2)s1. The number of amides is 4. The largest absolute Gasteiger partial charge is 0.350 e. The minimum Gasteiger partial charge on any atom is -0.350 e. The number of anilines is 1. The number of carbonyl (C=O) groups is 3. The first-order valence-electron chi connectivity index (χ1n) is 9.27. The zero-order valence-corrected chi connectivity index (χ0v) is 16.7. The number of nitrogens with one attached hydrogen (secondary N) is 3. The van der Waals surface area contributed by atoms with E-state index in [1.165, 1.54) is 6.33 Å². The fourth-order valence-electron chi connectivity index (χ4n) is 2.93. The van der Waals surface area contributed by atoms with Gasteiger partial charge in [0, 0.05) is 31.9 Å². The zero-order valence-electron chi connectivity index (χ0n) is 15.9. The molecular weight excluding hydrogens is 406 g/mol. The van der Waals surface area contributed by atoms with Crippen molar-refractivity contribution in [3.8, 4) is 5.69 Å². The molecule has 154 valence electrons. The van der Waals surface area contributed by atoms with Crippen molar-refractivity contribution in [2.24, 2.45) is 0 Å². The van der Waals surface area contributed by atoms with Gasteiger partial charge < -0.3 is 20.9 Å². The van der Waals surface area contributed by atoms with Crippen LogP contribution in [0.3, 0.4) is 0 Å². The van der Waals surface area contributed by atoms with Crippen LogP contribution in [0.4, 0.5) is 10.5 Å². The Kier molecular flexibility index (Phi) is 5.70. The van der Waals surface area contributed by atoms with E-state index in [1.54, 1.807) is 40.2 Å². The fraction of sp³-hybridized carbons (Fsp3) is 0.211. The van der Waals surface area contributed by atoms with Crippen LogP contribution in [0.25, 0.3) is 5.69 Å². The van der Waals surface area contributed by atoms with Crippen LogP contribution in [-0.2, 0) is 0 Å². The quantitative estimate of drug-likeness (QED) is 0.527. The van der Waals surface area contributed by atoms with Crippen LogP contribution in [0.2, 0.25) is 0 Å². The van der Waals surface area contributed by atoms with Crippen molar-refractivity contribution in [3.63, 3.8) is 0 Å². The Bertz CT molecular complexity index is 1050. The van der Waals surface area contributed by atoms with Gasteiger partial charge in [0.05, 0.1) is 15.4 Å². The third-order valence-corrected chi connectivity index (χ3v) is 5.56. The van der Waals surface area contributed by atoms with Crippen LogP contribution >= 0.6 is 11.3 Å². The Morgan fingerprint density at radius 1 is 1.10 bits per heavy atom. The van der Waals surface area contributed by atoms with Crippen LogP contribution in [0, 0.1) is 0 Å². The molecule has 0 bridgehead atoms. The predicted octanol–water partition coefficient (Wildman–Crippen LogP) is 1.34. The molecule has 30 heavy (non-hydrogen) atoms. The number of thiophene rings is 1. The maximum atomic E-state index is 12.5. The summed E-state index contributed by atoms with van der Waals surface area (Å²) >= 11 is 1.11. The number of urea groups is 1. The molecule has 0 unspecified atom stereocenters. The van der Waals surface area contributed by atoms with E-state index in [4.69, 9.17) is 0 Å². The van der Waals surface area contributed by atoms with E-state index in [0.29, 0.717) is 41.6 Å². The van der Waals surface area contributed by atoms with E-state index < -0.39 is 0 Å². The molecule has 0 radical (unpaired) electrons. The summed E-state index contributed by atoms with van der Waals surface area (Å²) in [6.45, 7) is 2.06. The molecule has 0 spiro atoms. The van der Waals surface area contributed by atoms with Crippen molar-refractivity contribution in [1.29, 1.82) is 0 Å². The number of aromatic nitrogens is 3. The Morgan fingerprint density at radius 2 is 1.87 bits per heavy atom. The number of hydrogen-bond acceptors (Lipinski definition) is 6. The van der Waals surface area contributed by atoms with Gasteiger partial charge in [-0.3, -0.25) is 9.59 Å². The average Bonchev–Trinajstić information content (AvgIpc) is 3.51. The molecule has 1 aromatic carbocycles. The monoisotopic (exact) mass is 425 g/mol. The van der Waals surface area contributed by atoms with Gasteiger partial charge in [0.2, 0.25) is 0 Å². The molecule has 1 aliphatic heterocycles. The normalized spacial score (nSPS) is 13.2. The van der Waals surface area contributed by atoms with E-state index in [9.17, 15) is 14.4 Å². The molecular formula is C19H19N7O3S. The molecule has 0 saturated carbocycles. The first kappa shape index (κ1) is 19.6. The molecule has 0 atom stereocenters. The van der Waals surface area contributed by atoms with Crippen molar-refractivity contribution >= 4 is 34.9 Å². The molecule has 3 N–H and O–H groups in total. The van der Waals surface area contributed by atoms with Gasteiger partial charge in [0.25, 0.3) is 11.8 Å². The summed E-state index contributed by atoms with van der Waals surface area (Å²) in [4.78, 5) is 42.6. The highest BCUT2D eigenvalue weighted by molar-refractivity contribution is 7.16. The third-order valence-electron chi connectivity index (χ3n) is 4.47. The summed E-state index contributed by atoms with van der Waals surface area (Å²) in [6, 6.07) is 10.3. The fourth-order valence-corrected chi connectivity index (χ4v) is 3.75. The zero-order chi connectivity index (χ0) is 20.9. The number of rotatable bonds is 7. The molecule has 1 fully saturated rings. The van der Waals surface area contributed by atoms with E-state index >= 15 is 0 Å². The van der Waals surface area contributed by atoms with Crippen molar-refractivity contribution in [2.75, 3.05) is 31.5 Å². The van der Waals surface area contributed by atoms with Crippen LogP contribution in [-0.4, -0.2) is 63.7 Å². The molecule has 3 heterocycles. The van der Waals surface area contributed by atoms with Gasteiger partial charge in [-0.2, -0.15) is 5.10 Å². The van der Waals surface area contributed by atoms with Crippen molar-refractivity contribution in [2.45, 2.75) is 0 Å². The minimum atomic E-state index is -0.290. The highest BCUT2D eigenvalue weighted by atomic mass is 32.1. The summed E-state index contributed by atoms with van der Waals surface area (Å²) < 4.78 is 1.62. The lowest BCUT2D eigenvalue weighted by molar-refractivity contribution is 0.0953. The third kappa shape index (κ3) is 4.46. The van der Waals surface area contributed by atoms with E-state index in [1.807, 2.05) is 12.1 Å². The highest BCUT2D eigenvalue weighted by Gasteiger charge is 2.19. The van der Waals surface area contributed by atoms with Crippen LogP contribution in [0.15, 0.2) is 49.1 Å². The number of carbonyl (C=O) groups excluding carboxylic acids is 3. The van der Waals surface area contributed by atoms with Gasteiger partial charge in [-0.05, 0) is 36.4 Å². The van der Waals surface area contributed by atoms with Crippen molar-refractivity contribution in [3.05, 3.63) is 58.8 Å². The summed E-state index contributed by atoms with van der Waals surface area (Å²) in [6.07, 6.45) is 3.04. The standard InChI is InChI=1S/C19H19N7O3S/c27-17(21-7-9-25-10-8-22-19(25)29)15-5-6-16(30-15)18(28)24-13-1-3-14(4-2-13)26-12-20-11-23-26/h1-6,11-12H,7-10H2,(H,21,27)(H,22,29)(H,24,28). The topological polar surface area (TPSA) is 121 Å². The molecule has 4 amide bonds. The van der Waals surface area contributed by atoms with Gasteiger partial charge in [-0.25, -0.2) is 14.5 Å². The van der Waals surface area contributed by atoms with Gasteiger partial charge in [0.15, 0.2) is 0 Å². The predicted molar refractivity (Wildman–Crippen MR) is 111 cm³/mol. The lowest BCUT2D eigenvalue weighted by atomic mass is 10.2. The van der Waals surface area contributed by atoms with E-state index in [2.05, 4.69) is 26.0 Å². The second-order valence-electron chi connectivity index (χ2n) is 6.48. The van der Waals surface area contributed by atoms with Gasteiger partial charge >= 0.3 is 6.03 Å². The highest BCUT2D eigenvalue weighted by Crippen LogP contribution is 2.19. The lowest BCUT2D eigenvalue weighted by Gasteiger charge is -2.13. The summed E-state index contributed by atoms with van der Waals surface area (Å²) in [7, 11) is 0. The first-order chi connectivity index (χ1) is 14.6. The molecule has 0 aliphatic carbocycles. The van der Waals surface area contributed by atoms with Gasteiger partial charge in [-0.1, -0.05) is 0 Å². The van der Waals surface area contributed by atoms with E-state index in [0.717, 1.165) is 17.0 Å². The molecule has 3 aromatic rings. The molecule has 1 saturated heterocycles. The summed E-state index contributed by atoms with van der Waals surface area (Å²) in [5.41, 5.74) is 1.46. The number of nitrogens with zero attached hydrogens (tertiary/aromatic N) is 4. The van der Waals surface area contributed by atoms with E-state index in [-0.39, 0.29) is 17.8 Å². The van der Waals surface area contributed by atoms with Crippen LogP contribution in [0.5, 0.6) is 0 Å². The van der Waals surface area contributed by atoms with Crippen LogP contribution < -0.4 is 16.0 Å². The first-order valence-corrected chi connectivity index (χ1v) is 10.1. The molecule has 11 heteroatoms. The molecule has 2 aromatic heterocycles. The average molecular weight is 425 g/mol. The minimum absolute atomic E-state index is 0.117. The maximum Gasteiger partial charge on any atom is 0.317 e.